The molecule has 1 aliphatic rings. The number of hydrogen-bond acceptors (Lipinski definition) is 3. The van der Waals surface area contributed by atoms with Gasteiger partial charge in [-0.25, -0.2) is 4.98 Å². The molecule has 3 aromatic rings. The van der Waals surface area contributed by atoms with Crippen LogP contribution in [0.4, 0.5) is 0 Å². The van der Waals surface area contributed by atoms with E-state index in [1.807, 2.05) is 12.1 Å². The first-order valence-electron chi connectivity index (χ1n) is 8.56. The van der Waals surface area contributed by atoms with Crippen molar-refractivity contribution >= 4 is 11.0 Å². The SMILES string of the molecule is COc1ccc(CN2CCC(C)n3c(nc4ccccc43)C2)cc1. The summed E-state index contributed by atoms with van der Waals surface area (Å²) in [5, 5.41) is 0. The van der Waals surface area contributed by atoms with Crippen LogP contribution in [0.5, 0.6) is 5.75 Å². The highest BCUT2D eigenvalue weighted by molar-refractivity contribution is 5.76. The summed E-state index contributed by atoms with van der Waals surface area (Å²) >= 11 is 0. The van der Waals surface area contributed by atoms with Gasteiger partial charge < -0.3 is 9.30 Å². The van der Waals surface area contributed by atoms with Crippen LogP contribution in [0, 0.1) is 0 Å². The quantitative estimate of drug-likeness (QED) is 0.730. The van der Waals surface area contributed by atoms with Crippen LogP contribution >= 0.6 is 0 Å². The second-order valence-corrected chi connectivity index (χ2v) is 6.58. The van der Waals surface area contributed by atoms with Crippen molar-refractivity contribution in [2.45, 2.75) is 32.5 Å². The topological polar surface area (TPSA) is 30.3 Å². The molecule has 0 saturated heterocycles. The maximum atomic E-state index is 5.25. The second kappa shape index (κ2) is 6.29. The Hall–Kier alpha value is -2.33. The Kier molecular flexibility index (Phi) is 3.98. The van der Waals surface area contributed by atoms with Gasteiger partial charge in [0.2, 0.25) is 0 Å². The van der Waals surface area contributed by atoms with Crippen LogP contribution < -0.4 is 4.74 Å². The molecule has 0 N–H and O–H groups in total. The second-order valence-electron chi connectivity index (χ2n) is 6.58. The molecular weight excluding hydrogens is 298 g/mol. The summed E-state index contributed by atoms with van der Waals surface area (Å²) in [4.78, 5) is 7.37. The summed E-state index contributed by atoms with van der Waals surface area (Å²) in [6.07, 6.45) is 1.14. The Morgan fingerprint density at radius 2 is 1.92 bits per heavy atom. The van der Waals surface area contributed by atoms with Crippen LogP contribution in [-0.2, 0) is 13.1 Å². The maximum absolute atomic E-state index is 5.25. The highest BCUT2D eigenvalue weighted by Crippen LogP contribution is 2.27. The predicted molar refractivity (Wildman–Crippen MR) is 96.2 cm³/mol. The van der Waals surface area contributed by atoms with Crippen LogP contribution in [0.25, 0.3) is 11.0 Å². The number of aromatic nitrogens is 2. The fraction of sp³-hybridized carbons (Fsp3) is 0.350. The van der Waals surface area contributed by atoms with Gasteiger partial charge in [-0.15, -0.1) is 0 Å². The van der Waals surface area contributed by atoms with E-state index >= 15 is 0 Å². The Balaban J connectivity index is 1.60. The van der Waals surface area contributed by atoms with E-state index < -0.39 is 0 Å². The lowest BCUT2D eigenvalue weighted by Gasteiger charge is -2.19. The van der Waals surface area contributed by atoms with Gasteiger partial charge in [-0.3, -0.25) is 4.90 Å². The van der Waals surface area contributed by atoms with Gasteiger partial charge in [0, 0.05) is 19.1 Å². The molecule has 124 valence electrons. The van der Waals surface area contributed by atoms with Crippen LogP contribution in [-0.4, -0.2) is 28.1 Å². The zero-order chi connectivity index (χ0) is 16.5. The Morgan fingerprint density at radius 1 is 1.12 bits per heavy atom. The summed E-state index contributed by atoms with van der Waals surface area (Å²) in [5.74, 6) is 2.08. The summed E-state index contributed by atoms with van der Waals surface area (Å²) in [7, 11) is 1.70. The van der Waals surface area contributed by atoms with E-state index in [0.29, 0.717) is 6.04 Å². The molecule has 1 aromatic heterocycles. The number of nitrogens with zero attached hydrogens (tertiary/aromatic N) is 3. The van der Waals surface area contributed by atoms with Gasteiger partial charge in [0.15, 0.2) is 0 Å². The third-order valence-electron chi connectivity index (χ3n) is 4.90. The van der Waals surface area contributed by atoms with Crippen LogP contribution in [0.1, 0.15) is 30.8 Å². The fourth-order valence-electron chi connectivity index (χ4n) is 3.60. The molecule has 0 fully saturated rings. The van der Waals surface area contributed by atoms with Crippen LogP contribution in [0.3, 0.4) is 0 Å². The lowest BCUT2D eigenvalue weighted by atomic mass is 10.2. The molecule has 0 saturated carbocycles. The number of ether oxygens (including phenoxy) is 1. The molecule has 4 heteroatoms. The number of methoxy groups -OCH3 is 1. The lowest BCUT2D eigenvalue weighted by Crippen LogP contribution is -2.23. The molecule has 24 heavy (non-hydrogen) atoms. The summed E-state index contributed by atoms with van der Waals surface area (Å²) in [6.45, 7) is 5.23. The molecule has 0 radical (unpaired) electrons. The molecule has 4 rings (SSSR count). The lowest BCUT2D eigenvalue weighted by molar-refractivity contribution is 0.255. The number of rotatable bonds is 3. The van der Waals surface area contributed by atoms with Crippen molar-refractivity contribution in [3.8, 4) is 5.75 Å². The van der Waals surface area contributed by atoms with Crippen molar-refractivity contribution in [2.24, 2.45) is 0 Å². The van der Waals surface area contributed by atoms with Crippen LogP contribution in [0.15, 0.2) is 48.5 Å². The van der Waals surface area contributed by atoms with E-state index in [-0.39, 0.29) is 0 Å². The van der Waals surface area contributed by atoms with Crippen molar-refractivity contribution in [1.82, 2.24) is 14.5 Å². The van der Waals surface area contributed by atoms with Crippen molar-refractivity contribution in [2.75, 3.05) is 13.7 Å². The number of fused-ring (bicyclic) bond motifs is 3. The zero-order valence-corrected chi connectivity index (χ0v) is 14.3. The molecule has 0 aliphatic carbocycles. The Labute approximate surface area is 142 Å². The molecule has 1 atom stereocenters. The van der Waals surface area contributed by atoms with Crippen molar-refractivity contribution < 1.29 is 4.74 Å². The number of benzene rings is 2. The normalized spacial score (nSPS) is 18.3. The summed E-state index contributed by atoms with van der Waals surface area (Å²) in [5.41, 5.74) is 3.67. The molecule has 2 aromatic carbocycles. The first-order valence-corrected chi connectivity index (χ1v) is 8.56. The van der Waals surface area contributed by atoms with Gasteiger partial charge in [-0.05, 0) is 43.2 Å². The average molecular weight is 321 g/mol. The molecule has 0 spiro atoms. The smallest absolute Gasteiger partial charge is 0.124 e. The third kappa shape index (κ3) is 2.78. The molecule has 1 aliphatic heterocycles. The van der Waals surface area contributed by atoms with Crippen molar-refractivity contribution in [1.29, 1.82) is 0 Å². The molecule has 0 bridgehead atoms. The number of para-hydroxylation sites is 2. The average Bonchev–Trinajstić information content (AvgIpc) is 2.90. The van der Waals surface area contributed by atoms with Gasteiger partial charge >= 0.3 is 0 Å². The highest BCUT2D eigenvalue weighted by Gasteiger charge is 2.22. The van der Waals surface area contributed by atoms with Gasteiger partial charge in [-0.1, -0.05) is 24.3 Å². The monoisotopic (exact) mass is 321 g/mol. The first kappa shape index (κ1) is 15.2. The summed E-state index contributed by atoms with van der Waals surface area (Å²) in [6, 6.07) is 17.3. The van der Waals surface area contributed by atoms with E-state index in [0.717, 1.165) is 37.3 Å². The maximum Gasteiger partial charge on any atom is 0.124 e. The Bertz CT molecular complexity index is 838. The highest BCUT2D eigenvalue weighted by atomic mass is 16.5. The molecule has 4 nitrogen and oxygen atoms in total. The fourth-order valence-corrected chi connectivity index (χ4v) is 3.60. The number of imidazole rings is 1. The van der Waals surface area contributed by atoms with Gasteiger partial charge in [0.05, 0.1) is 24.7 Å². The van der Waals surface area contributed by atoms with Crippen molar-refractivity contribution in [3.63, 3.8) is 0 Å². The Morgan fingerprint density at radius 3 is 2.71 bits per heavy atom. The van der Waals surface area contributed by atoms with Crippen LogP contribution in [0.2, 0.25) is 0 Å². The van der Waals surface area contributed by atoms with E-state index in [9.17, 15) is 0 Å². The minimum atomic E-state index is 0.480. The largest absolute Gasteiger partial charge is 0.497 e. The predicted octanol–water partition coefficient (Wildman–Crippen LogP) is 4.01. The summed E-state index contributed by atoms with van der Waals surface area (Å²) < 4.78 is 7.67. The molecular formula is C20H23N3O. The third-order valence-corrected chi connectivity index (χ3v) is 4.90. The minimum Gasteiger partial charge on any atom is -0.497 e. The standard InChI is InChI=1S/C20H23N3O/c1-15-11-12-22(13-16-7-9-17(24-2)10-8-16)14-20-21-18-5-3-4-6-19(18)23(15)20/h3-10,15H,11-14H2,1-2H3. The van der Waals surface area contributed by atoms with E-state index in [2.05, 4.69) is 52.8 Å². The minimum absolute atomic E-state index is 0.480. The molecule has 2 heterocycles. The molecule has 0 amide bonds. The van der Waals surface area contributed by atoms with Gasteiger partial charge in [0.1, 0.15) is 11.6 Å². The van der Waals surface area contributed by atoms with Gasteiger partial charge in [0.25, 0.3) is 0 Å². The van der Waals surface area contributed by atoms with E-state index in [1.54, 1.807) is 7.11 Å². The molecule has 1 unspecified atom stereocenters. The van der Waals surface area contributed by atoms with Crippen molar-refractivity contribution in [3.05, 3.63) is 59.9 Å². The number of hydrogen-bond donors (Lipinski definition) is 0. The van der Waals surface area contributed by atoms with Gasteiger partial charge in [-0.2, -0.15) is 0 Å². The van der Waals surface area contributed by atoms with E-state index in [4.69, 9.17) is 9.72 Å². The van der Waals surface area contributed by atoms with E-state index in [1.165, 1.54) is 16.9 Å². The first-order chi connectivity index (χ1) is 11.7. The zero-order valence-electron chi connectivity index (χ0n) is 14.3.